The number of nitrogens with zero attached hydrogens (tertiary/aromatic N) is 1. The van der Waals surface area contributed by atoms with Gasteiger partial charge >= 0.3 is 17.7 Å². The summed E-state index contributed by atoms with van der Waals surface area (Å²) in [5.74, 6) is -2.46. The van der Waals surface area contributed by atoms with Crippen LogP contribution >= 0.6 is 0 Å². The Hall–Kier alpha value is -3.35. The Balaban J connectivity index is 1.85. The number of benzene rings is 2. The van der Waals surface area contributed by atoms with E-state index in [9.17, 15) is 14.8 Å². The van der Waals surface area contributed by atoms with E-state index < -0.39 is 24.0 Å². The van der Waals surface area contributed by atoms with Gasteiger partial charge in [-0.2, -0.15) is 0 Å². The van der Waals surface area contributed by atoms with Crippen molar-refractivity contribution in [2.24, 2.45) is 0 Å². The molecular weight excluding hydrogens is 350 g/mol. The number of ether oxygens (including phenoxy) is 2. The summed E-state index contributed by atoms with van der Waals surface area (Å²) in [7, 11) is 0. The van der Waals surface area contributed by atoms with Crippen LogP contribution in [0.25, 0.3) is 0 Å². The summed E-state index contributed by atoms with van der Waals surface area (Å²) in [5.41, 5.74) is 1.08. The second-order valence-corrected chi connectivity index (χ2v) is 5.87. The molecule has 0 aromatic heterocycles. The minimum absolute atomic E-state index is 0.00258. The highest BCUT2D eigenvalue weighted by molar-refractivity contribution is 6.37. The van der Waals surface area contributed by atoms with Crippen molar-refractivity contribution in [3.05, 3.63) is 77.0 Å². The zero-order valence-corrected chi connectivity index (χ0v) is 14.7. The number of esters is 2. The fourth-order valence-corrected chi connectivity index (χ4v) is 2.87. The fraction of sp³-hybridized carbons (Fsp3) is 0.250. The third-order valence-electron chi connectivity index (χ3n) is 4.10. The minimum Gasteiger partial charge on any atom is -0.465 e. The molecule has 7 nitrogen and oxygen atoms in total. The van der Waals surface area contributed by atoms with Crippen LogP contribution in [0.3, 0.4) is 0 Å². The molecule has 2 aromatic carbocycles. The highest BCUT2D eigenvalue weighted by Gasteiger charge is 2.50. The number of rotatable bonds is 6. The van der Waals surface area contributed by atoms with E-state index in [1.807, 2.05) is 18.2 Å². The first-order valence-electron chi connectivity index (χ1n) is 8.55. The van der Waals surface area contributed by atoms with E-state index in [1.165, 1.54) is 0 Å². The lowest BCUT2D eigenvalue weighted by Gasteiger charge is -2.17. The molecule has 2 aromatic rings. The molecule has 0 amide bonds. The van der Waals surface area contributed by atoms with Gasteiger partial charge in [-0.25, -0.2) is 4.79 Å². The van der Waals surface area contributed by atoms with Crippen molar-refractivity contribution in [2.45, 2.75) is 25.6 Å². The average molecular weight is 369 g/mol. The highest BCUT2D eigenvalue weighted by atomic mass is 16.9. The highest BCUT2D eigenvalue weighted by Crippen LogP contribution is 2.30. The monoisotopic (exact) mass is 369 g/mol. The maximum Gasteiger partial charge on any atom is 0.406 e. The molecule has 0 saturated heterocycles. The van der Waals surface area contributed by atoms with Crippen molar-refractivity contribution in [1.82, 2.24) is 0 Å². The molecule has 27 heavy (non-hydrogen) atoms. The van der Waals surface area contributed by atoms with Crippen LogP contribution in [0.4, 0.5) is 0 Å². The normalized spacial score (nSPS) is 18.7. The molecule has 140 valence electrons. The standard InChI is InChI=1S/C20H19NO6/c1-2-25-20(23)18-16(15-11-7-4-8-12-15)17(21(24)27-18)19(22)26-13-14-9-5-3-6-10-14/h3-12,16,18H,2,13H2,1H3/t16-,18-/m0/s1. The Bertz CT molecular complexity index is 834. The fourth-order valence-electron chi connectivity index (χ4n) is 2.87. The van der Waals surface area contributed by atoms with Gasteiger partial charge in [0.15, 0.2) is 6.10 Å². The van der Waals surface area contributed by atoms with Gasteiger partial charge < -0.3 is 14.3 Å². The molecule has 2 atom stereocenters. The lowest BCUT2D eigenvalue weighted by Crippen LogP contribution is -2.34. The number of carbonyl (C=O) groups is 2. The molecular formula is C20H19NO6. The van der Waals surface area contributed by atoms with Gasteiger partial charge in [0.25, 0.3) is 0 Å². The Kier molecular flexibility index (Phi) is 5.71. The summed E-state index contributed by atoms with van der Waals surface area (Å²) < 4.78 is 10.3. The predicted molar refractivity (Wildman–Crippen MR) is 95.6 cm³/mol. The van der Waals surface area contributed by atoms with Crippen LogP contribution in [0.2, 0.25) is 0 Å². The molecule has 7 heteroatoms. The molecule has 0 fully saturated rings. The van der Waals surface area contributed by atoms with Crippen LogP contribution in [-0.4, -0.2) is 35.3 Å². The van der Waals surface area contributed by atoms with E-state index in [1.54, 1.807) is 49.4 Å². The second-order valence-electron chi connectivity index (χ2n) is 5.87. The molecule has 1 heterocycles. The predicted octanol–water partition coefficient (Wildman–Crippen LogP) is 2.34. The summed E-state index contributed by atoms with van der Waals surface area (Å²) in [6, 6.07) is 17.8. The van der Waals surface area contributed by atoms with Gasteiger partial charge in [0.05, 0.1) is 11.5 Å². The molecule has 0 aliphatic carbocycles. The van der Waals surface area contributed by atoms with E-state index in [0.717, 1.165) is 5.56 Å². The summed E-state index contributed by atoms with van der Waals surface area (Å²) >= 11 is 0. The van der Waals surface area contributed by atoms with Gasteiger partial charge in [0.2, 0.25) is 0 Å². The summed E-state index contributed by atoms with van der Waals surface area (Å²) in [5, 5.41) is 12.3. The third-order valence-corrected chi connectivity index (χ3v) is 4.10. The molecule has 0 spiro atoms. The van der Waals surface area contributed by atoms with Crippen LogP contribution in [0.15, 0.2) is 60.7 Å². The molecule has 0 unspecified atom stereocenters. The van der Waals surface area contributed by atoms with Gasteiger partial charge in [-0.3, -0.25) is 10.0 Å². The molecule has 1 aliphatic rings. The van der Waals surface area contributed by atoms with Crippen LogP contribution in [0.5, 0.6) is 0 Å². The van der Waals surface area contributed by atoms with Crippen molar-refractivity contribution in [1.29, 1.82) is 0 Å². The Labute approximate surface area is 156 Å². The zero-order valence-electron chi connectivity index (χ0n) is 14.7. The van der Waals surface area contributed by atoms with Crippen molar-refractivity contribution in [3.8, 4) is 0 Å². The Morgan fingerprint density at radius 1 is 1.04 bits per heavy atom. The number of hydrogen-bond donors (Lipinski definition) is 0. The SMILES string of the molecule is CCOC(=O)[C@H]1O[N+]([O-])=C(C(=O)OCc2ccccc2)[C@@H]1c1ccccc1. The second kappa shape index (κ2) is 8.35. The largest absolute Gasteiger partial charge is 0.465 e. The smallest absolute Gasteiger partial charge is 0.406 e. The summed E-state index contributed by atoms with van der Waals surface area (Å²) in [4.78, 5) is 30.0. The number of carbonyl (C=O) groups excluding carboxylic acids is 2. The summed E-state index contributed by atoms with van der Waals surface area (Å²) in [6.45, 7) is 1.79. The van der Waals surface area contributed by atoms with E-state index >= 15 is 0 Å². The van der Waals surface area contributed by atoms with E-state index in [0.29, 0.717) is 5.56 Å². The maximum atomic E-state index is 12.6. The first kappa shape index (κ1) is 18.4. The summed E-state index contributed by atoms with van der Waals surface area (Å²) in [6.07, 6.45) is -1.25. The maximum absolute atomic E-state index is 12.6. The van der Waals surface area contributed by atoms with Crippen LogP contribution in [-0.2, 0) is 30.5 Å². The number of hydrogen-bond acceptors (Lipinski definition) is 6. The van der Waals surface area contributed by atoms with Crippen LogP contribution in [0.1, 0.15) is 24.0 Å². The van der Waals surface area contributed by atoms with E-state index in [-0.39, 0.29) is 23.8 Å². The van der Waals surface area contributed by atoms with Gasteiger partial charge in [0.1, 0.15) is 12.5 Å². The third kappa shape index (κ3) is 4.08. The lowest BCUT2D eigenvalue weighted by atomic mass is 9.89. The van der Waals surface area contributed by atoms with Crippen molar-refractivity contribution in [3.63, 3.8) is 0 Å². The van der Waals surface area contributed by atoms with E-state index in [4.69, 9.17) is 14.3 Å². The van der Waals surface area contributed by atoms with Gasteiger partial charge in [0, 0.05) is 0 Å². The molecule has 0 bridgehead atoms. The molecule has 0 N–H and O–H groups in total. The first-order valence-corrected chi connectivity index (χ1v) is 8.55. The van der Waals surface area contributed by atoms with Crippen LogP contribution in [0, 0.1) is 5.21 Å². The topological polar surface area (TPSA) is 87.9 Å². The molecule has 0 saturated carbocycles. The molecule has 3 rings (SSSR count). The lowest BCUT2D eigenvalue weighted by molar-refractivity contribution is -0.736. The minimum atomic E-state index is -1.25. The van der Waals surface area contributed by atoms with Gasteiger partial charge in [-0.1, -0.05) is 60.7 Å². The van der Waals surface area contributed by atoms with Crippen molar-refractivity contribution < 1.29 is 28.8 Å². The zero-order chi connectivity index (χ0) is 19.2. The molecule has 0 radical (unpaired) electrons. The Morgan fingerprint density at radius 2 is 1.67 bits per heavy atom. The molecule has 1 aliphatic heterocycles. The van der Waals surface area contributed by atoms with Crippen molar-refractivity contribution >= 4 is 17.7 Å². The average Bonchev–Trinajstić information content (AvgIpc) is 3.05. The van der Waals surface area contributed by atoms with Gasteiger partial charge in [-0.15, -0.1) is 0 Å². The Morgan fingerprint density at radius 3 is 2.30 bits per heavy atom. The van der Waals surface area contributed by atoms with Gasteiger partial charge in [-0.05, 0) is 18.1 Å². The van der Waals surface area contributed by atoms with E-state index in [2.05, 4.69) is 0 Å². The quantitative estimate of drug-likeness (QED) is 0.574. The van der Waals surface area contributed by atoms with Crippen molar-refractivity contribution in [2.75, 3.05) is 6.61 Å². The first-order chi connectivity index (χ1) is 13.1. The van der Waals surface area contributed by atoms with Crippen LogP contribution < -0.4 is 0 Å².